The molecule has 0 radical (unpaired) electrons. The molecule has 1 amide bonds. The van der Waals surface area contributed by atoms with Gasteiger partial charge in [-0.05, 0) is 36.8 Å². The van der Waals surface area contributed by atoms with Gasteiger partial charge in [0.05, 0.1) is 10.4 Å². The van der Waals surface area contributed by atoms with E-state index in [-0.39, 0.29) is 21.8 Å². The number of nitrogens with zero attached hydrogens (tertiary/aromatic N) is 1. The molecule has 25 heavy (non-hydrogen) atoms. The number of hydrogen-bond acceptors (Lipinski definition) is 4. The van der Waals surface area contributed by atoms with Gasteiger partial charge in [-0.2, -0.15) is 0 Å². The van der Waals surface area contributed by atoms with Crippen LogP contribution in [0.15, 0.2) is 47.3 Å². The Morgan fingerprint density at radius 3 is 2.68 bits per heavy atom. The second-order valence-corrected chi connectivity index (χ2v) is 5.89. The minimum Gasteiger partial charge on any atom is -0.322 e. The molecule has 2 aromatic carbocycles. The van der Waals surface area contributed by atoms with Crippen LogP contribution in [0.5, 0.6) is 0 Å². The van der Waals surface area contributed by atoms with Crippen molar-refractivity contribution in [2.75, 3.05) is 5.32 Å². The third-order valence-corrected chi connectivity index (χ3v) is 3.94. The average molecular weight is 358 g/mol. The maximum Gasteiger partial charge on any atom is 0.282 e. The molecule has 0 aliphatic heterocycles. The summed E-state index contributed by atoms with van der Waals surface area (Å²) in [6, 6.07) is 10.2. The van der Waals surface area contributed by atoms with E-state index in [9.17, 15) is 19.7 Å². The molecule has 3 rings (SSSR count). The number of hydrogen-bond donors (Lipinski definition) is 2. The maximum absolute atomic E-state index is 12.4. The van der Waals surface area contributed by atoms with E-state index >= 15 is 0 Å². The summed E-state index contributed by atoms with van der Waals surface area (Å²) in [7, 11) is 0. The van der Waals surface area contributed by atoms with Crippen molar-refractivity contribution in [2.24, 2.45) is 0 Å². The Hall–Kier alpha value is -3.19. The molecule has 1 heterocycles. The van der Waals surface area contributed by atoms with Gasteiger partial charge in [-0.3, -0.25) is 19.7 Å². The summed E-state index contributed by atoms with van der Waals surface area (Å²) in [5.74, 6) is -0.663. The van der Waals surface area contributed by atoms with E-state index in [1.807, 2.05) is 6.92 Å². The quantitative estimate of drug-likeness (QED) is 0.551. The van der Waals surface area contributed by atoms with Crippen molar-refractivity contribution in [3.8, 4) is 0 Å². The minimum absolute atomic E-state index is 0.143. The number of anilines is 1. The molecule has 0 fully saturated rings. The number of nitrogens with one attached hydrogen (secondary N) is 2. The summed E-state index contributed by atoms with van der Waals surface area (Å²) in [5, 5.41) is 14.7. The molecule has 0 saturated carbocycles. The lowest BCUT2D eigenvalue weighted by Crippen LogP contribution is -2.14. The van der Waals surface area contributed by atoms with Crippen LogP contribution in [-0.4, -0.2) is 15.8 Å². The fourth-order valence-electron chi connectivity index (χ4n) is 2.56. The second kappa shape index (κ2) is 6.37. The van der Waals surface area contributed by atoms with Gasteiger partial charge in [0.1, 0.15) is 5.56 Å². The number of rotatable bonds is 3. The molecule has 0 saturated heterocycles. The highest BCUT2D eigenvalue weighted by molar-refractivity contribution is 6.31. The summed E-state index contributed by atoms with van der Waals surface area (Å²) in [4.78, 5) is 37.1. The molecule has 0 bridgehead atoms. The highest BCUT2D eigenvalue weighted by atomic mass is 35.5. The number of carbonyl (C=O) groups excluding carboxylic acids is 1. The zero-order chi connectivity index (χ0) is 18.1. The smallest absolute Gasteiger partial charge is 0.282 e. The van der Waals surface area contributed by atoms with Crippen LogP contribution >= 0.6 is 11.6 Å². The molecule has 2 N–H and O–H groups in total. The van der Waals surface area contributed by atoms with E-state index in [0.717, 1.165) is 10.9 Å². The number of aromatic nitrogens is 1. The number of aryl methyl sites for hydroxylation is 1. The number of benzene rings is 2. The van der Waals surface area contributed by atoms with Crippen LogP contribution in [0.4, 0.5) is 11.4 Å². The molecular weight excluding hydrogens is 346 g/mol. The normalized spacial score (nSPS) is 10.6. The molecule has 126 valence electrons. The van der Waals surface area contributed by atoms with Crippen LogP contribution in [0, 0.1) is 17.0 Å². The van der Waals surface area contributed by atoms with Crippen molar-refractivity contribution in [2.45, 2.75) is 6.92 Å². The number of pyridine rings is 1. The molecule has 0 spiro atoms. The fraction of sp³-hybridized carbons (Fsp3) is 0.0588. The van der Waals surface area contributed by atoms with Gasteiger partial charge in [-0.1, -0.05) is 17.7 Å². The van der Waals surface area contributed by atoms with Crippen LogP contribution in [0.2, 0.25) is 5.02 Å². The van der Waals surface area contributed by atoms with Gasteiger partial charge in [0.15, 0.2) is 0 Å². The Bertz CT molecular complexity index is 1080. The Morgan fingerprint density at radius 1 is 1.20 bits per heavy atom. The molecule has 0 aliphatic rings. The first-order valence-electron chi connectivity index (χ1n) is 7.24. The highest BCUT2D eigenvalue weighted by Gasteiger charge is 2.20. The lowest BCUT2D eigenvalue weighted by atomic mass is 10.1. The van der Waals surface area contributed by atoms with Crippen molar-refractivity contribution in [3.05, 3.63) is 79.1 Å². The van der Waals surface area contributed by atoms with Gasteiger partial charge in [0, 0.05) is 28.2 Å². The topological polar surface area (TPSA) is 105 Å². The summed E-state index contributed by atoms with van der Waals surface area (Å²) < 4.78 is 0. The van der Waals surface area contributed by atoms with E-state index in [0.29, 0.717) is 11.2 Å². The number of amides is 1. The van der Waals surface area contributed by atoms with Crippen molar-refractivity contribution in [1.82, 2.24) is 4.98 Å². The largest absolute Gasteiger partial charge is 0.322 e. The Balaban J connectivity index is 1.99. The van der Waals surface area contributed by atoms with Gasteiger partial charge in [0.25, 0.3) is 11.6 Å². The van der Waals surface area contributed by atoms with Crippen molar-refractivity contribution in [3.63, 3.8) is 0 Å². The third kappa shape index (κ3) is 3.36. The van der Waals surface area contributed by atoms with Crippen molar-refractivity contribution >= 4 is 39.8 Å². The second-order valence-electron chi connectivity index (χ2n) is 5.45. The zero-order valence-corrected chi connectivity index (χ0v) is 13.8. The van der Waals surface area contributed by atoms with E-state index in [1.54, 1.807) is 18.2 Å². The first-order valence-corrected chi connectivity index (χ1v) is 7.62. The maximum atomic E-state index is 12.4. The minimum atomic E-state index is -0.663. The molecule has 0 unspecified atom stereocenters. The summed E-state index contributed by atoms with van der Waals surface area (Å²) in [5.41, 5.74) is 1.03. The molecule has 3 aromatic rings. The van der Waals surface area contributed by atoms with Crippen LogP contribution in [0.25, 0.3) is 10.9 Å². The zero-order valence-electron chi connectivity index (χ0n) is 13.0. The van der Waals surface area contributed by atoms with Gasteiger partial charge in [-0.15, -0.1) is 0 Å². The molecule has 0 atom stereocenters. The monoisotopic (exact) mass is 357 g/mol. The molecule has 8 heteroatoms. The van der Waals surface area contributed by atoms with Crippen LogP contribution < -0.4 is 10.9 Å². The average Bonchev–Trinajstić information content (AvgIpc) is 2.53. The Morgan fingerprint density at radius 2 is 1.96 bits per heavy atom. The number of H-pyrrole nitrogens is 1. The first-order chi connectivity index (χ1) is 11.8. The number of carbonyl (C=O) groups is 1. The van der Waals surface area contributed by atoms with Crippen LogP contribution in [0.3, 0.4) is 0 Å². The molecular formula is C17H12ClN3O4. The number of aromatic amines is 1. The summed E-state index contributed by atoms with van der Waals surface area (Å²) >= 11 is 5.84. The predicted molar refractivity (Wildman–Crippen MR) is 95.4 cm³/mol. The van der Waals surface area contributed by atoms with Gasteiger partial charge >= 0.3 is 0 Å². The van der Waals surface area contributed by atoms with E-state index in [2.05, 4.69) is 10.3 Å². The molecule has 0 aliphatic carbocycles. The summed E-state index contributed by atoms with van der Waals surface area (Å²) in [6.07, 6.45) is 0. The molecule has 1 aromatic heterocycles. The van der Waals surface area contributed by atoms with E-state index in [1.165, 1.54) is 24.3 Å². The summed E-state index contributed by atoms with van der Waals surface area (Å²) in [6.45, 7) is 1.81. The SMILES string of the molecule is Cc1cc(=O)[nH]c2cc(NC(=O)c3cc(Cl)ccc3[N+](=O)[O-])ccc12. The van der Waals surface area contributed by atoms with Crippen molar-refractivity contribution < 1.29 is 9.72 Å². The first kappa shape index (κ1) is 16.7. The number of nitro groups is 1. The highest BCUT2D eigenvalue weighted by Crippen LogP contribution is 2.25. The lowest BCUT2D eigenvalue weighted by Gasteiger charge is -2.08. The lowest BCUT2D eigenvalue weighted by molar-refractivity contribution is -0.385. The van der Waals surface area contributed by atoms with Gasteiger partial charge < -0.3 is 10.3 Å². The van der Waals surface area contributed by atoms with E-state index in [4.69, 9.17) is 11.6 Å². The Kier molecular flexibility index (Phi) is 4.24. The van der Waals surface area contributed by atoms with E-state index < -0.39 is 10.8 Å². The van der Waals surface area contributed by atoms with Gasteiger partial charge in [0.2, 0.25) is 5.56 Å². The number of halogens is 1. The van der Waals surface area contributed by atoms with Gasteiger partial charge in [-0.25, -0.2) is 0 Å². The molecule has 7 nitrogen and oxygen atoms in total. The predicted octanol–water partition coefficient (Wildman–Crippen LogP) is 3.65. The van der Waals surface area contributed by atoms with Crippen LogP contribution in [0.1, 0.15) is 15.9 Å². The number of nitro benzene ring substituents is 1. The Labute approximate surface area is 146 Å². The third-order valence-electron chi connectivity index (χ3n) is 3.71. The fourth-order valence-corrected chi connectivity index (χ4v) is 2.73. The van der Waals surface area contributed by atoms with Crippen molar-refractivity contribution in [1.29, 1.82) is 0 Å². The van der Waals surface area contributed by atoms with Crippen LogP contribution in [-0.2, 0) is 0 Å². The standard InChI is InChI=1S/C17H12ClN3O4/c1-9-6-16(22)20-14-8-11(3-4-12(9)14)19-17(23)13-7-10(18)2-5-15(13)21(24)25/h2-8H,1H3,(H,19,23)(H,20,22). The number of fused-ring (bicyclic) bond motifs is 1.